The van der Waals surface area contributed by atoms with E-state index in [1.165, 1.54) is 9.80 Å². The van der Waals surface area contributed by atoms with Crippen LogP contribution in [0.1, 0.15) is 16.8 Å². The molecule has 1 heterocycles. The fraction of sp³-hybridized carbons (Fsp3) is 0.320. The number of nitrogens with zero attached hydrogens (tertiary/aromatic N) is 2. The van der Waals surface area contributed by atoms with Gasteiger partial charge < -0.3 is 0 Å². The largest absolute Gasteiger partial charge is 0.288 e. The maximum atomic E-state index is 13.5. The van der Waals surface area contributed by atoms with E-state index in [0.29, 0.717) is 33.1 Å². The third-order valence-corrected chi connectivity index (χ3v) is 8.09. The van der Waals surface area contributed by atoms with Crippen LogP contribution in [0.2, 0.25) is 10.0 Å². The molecule has 3 fully saturated rings. The van der Waals surface area contributed by atoms with Crippen LogP contribution in [0.3, 0.4) is 0 Å². The van der Waals surface area contributed by atoms with Gasteiger partial charge in [-0.15, -0.1) is 0 Å². The predicted octanol–water partition coefficient (Wildman–Crippen LogP) is 4.65. The average Bonchev–Trinajstić information content (AvgIpc) is 3.58. The molecule has 32 heavy (non-hydrogen) atoms. The number of para-hydroxylation sites is 1. The van der Waals surface area contributed by atoms with Gasteiger partial charge >= 0.3 is 0 Å². The van der Waals surface area contributed by atoms with Crippen molar-refractivity contribution in [1.82, 2.24) is 4.90 Å². The minimum Gasteiger partial charge on any atom is -0.288 e. The molecule has 5 aliphatic rings. The first-order valence-corrected chi connectivity index (χ1v) is 11.6. The van der Waals surface area contributed by atoms with Crippen molar-refractivity contribution in [3.8, 4) is 0 Å². The molecule has 0 N–H and O–H groups in total. The molecule has 0 spiro atoms. The minimum atomic E-state index is -0.353. The van der Waals surface area contributed by atoms with Gasteiger partial charge in [-0.3, -0.25) is 24.2 Å². The first kappa shape index (κ1) is 20.0. The SMILES string of the molecule is O=C1C2C3C=CC(C4CC34)C2C(=O)N1CN(C(=O)c1ccc(Cl)cc1)c1ccccc1Cl. The predicted molar refractivity (Wildman–Crippen MR) is 121 cm³/mol. The zero-order chi connectivity index (χ0) is 22.1. The smallest absolute Gasteiger partial charge is 0.259 e. The lowest BCUT2D eigenvalue weighted by Crippen LogP contribution is -2.45. The van der Waals surface area contributed by atoms with Crippen LogP contribution in [0, 0.1) is 35.5 Å². The number of rotatable bonds is 4. The van der Waals surface area contributed by atoms with E-state index in [1.807, 2.05) is 0 Å². The summed E-state index contributed by atoms with van der Waals surface area (Å²) in [4.78, 5) is 43.1. The Bertz CT molecular complexity index is 1140. The van der Waals surface area contributed by atoms with Crippen LogP contribution in [0.5, 0.6) is 0 Å². The monoisotopic (exact) mass is 466 g/mol. The molecule has 7 heteroatoms. The summed E-state index contributed by atoms with van der Waals surface area (Å²) in [7, 11) is 0. The number of halogens is 2. The molecule has 162 valence electrons. The average molecular weight is 467 g/mol. The minimum absolute atomic E-state index is 0.136. The highest BCUT2D eigenvalue weighted by Crippen LogP contribution is 2.65. The normalized spacial score (nSPS) is 31.5. The number of hydrogen-bond acceptors (Lipinski definition) is 3. The molecule has 7 rings (SSSR count). The van der Waals surface area contributed by atoms with Gasteiger partial charge in [-0.1, -0.05) is 47.5 Å². The zero-order valence-corrected chi connectivity index (χ0v) is 18.5. The zero-order valence-electron chi connectivity index (χ0n) is 17.0. The fourth-order valence-electron chi connectivity index (χ4n) is 5.97. The van der Waals surface area contributed by atoms with Gasteiger partial charge in [-0.2, -0.15) is 0 Å². The molecule has 0 aromatic heterocycles. The summed E-state index contributed by atoms with van der Waals surface area (Å²) < 4.78 is 0. The number of amides is 3. The second-order valence-corrected chi connectivity index (χ2v) is 9.94. The second-order valence-electron chi connectivity index (χ2n) is 9.09. The second kappa shape index (κ2) is 7.19. The fourth-order valence-corrected chi connectivity index (χ4v) is 6.33. The Kier molecular flexibility index (Phi) is 4.50. The molecule has 3 amide bonds. The highest BCUT2D eigenvalue weighted by Gasteiger charge is 2.67. The summed E-state index contributed by atoms with van der Waals surface area (Å²) in [5.41, 5.74) is 0.849. The van der Waals surface area contributed by atoms with Crippen molar-refractivity contribution >= 4 is 46.6 Å². The van der Waals surface area contributed by atoms with Gasteiger partial charge in [0, 0.05) is 10.6 Å². The Morgan fingerprint density at radius 3 is 2.09 bits per heavy atom. The number of carbonyl (C=O) groups is 3. The summed E-state index contributed by atoms with van der Waals surface area (Å²) in [6.45, 7) is -0.162. The van der Waals surface area contributed by atoms with Crippen molar-refractivity contribution in [3.05, 3.63) is 76.3 Å². The molecule has 5 nitrogen and oxygen atoms in total. The summed E-state index contributed by atoms with van der Waals surface area (Å²) in [5, 5.41) is 0.885. The van der Waals surface area contributed by atoms with Crippen molar-refractivity contribution in [2.75, 3.05) is 11.6 Å². The van der Waals surface area contributed by atoms with Gasteiger partial charge in [0.2, 0.25) is 11.8 Å². The topological polar surface area (TPSA) is 57.7 Å². The highest BCUT2D eigenvalue weighted by atomic mass is 35.5. The lowest BCUT2D eigenvalue weighted by Gasteiger charge is -2.37. The number of benzene rings is 2. The number of anilines is 1. The summed E-state index contributed by atoms with van der Waals surface area (Å²) in [5.74, 6) is 0.0106. The van der Waals surface area contributed by atoms with Crippen molar-refractivity contribution < 1.29 is 14.4 Å². The van der Waals surface area contributed by atoms with Gasteiger partial charge in [-0.05, 0) is 66.5 Å². The Balaban J connectivity index is 1.35. The molecular formula is C25H20Cl2N2O3. The summed E-state index contributed by atoms with van der Waals surface area (Å²) >= 11 is 12.4. The molecule has 1 aliphatic heterocycles. The van der Waals surface area contributed by atoms with Gasteiger partial charge in [0.1, 0.15) is 6.67 Å². The van der Waals surface area contributed by atoms with Crippen LogP contribution in [-0.2, 0) is 9.59 Å². The number of likely N-dealkylation sites (tertiary alicyclic amines) is 1. The number of imide groups is 1. The van der Waals surface area contributed by atoms with Crippen LogP contribution in [0.15, 0.2) is 60.7 Å². The van der Waals surface area contributed by atoms with E-state index in [2.05, 4.69) is 12.2 Å². The van der Waals surface area contributed by atoms with Crippen LogP contribution in [-0.4, -0.2) is 29.3 Å². The standard InChI is InChI=1S/C25H20Cl2N2O3/c26-14-7-5-13(6-8-14)23(30)28(20-4-2-1-3-19(20)27)12-29-24(31)21-15-9-10-16(18-11-17(15)18)22(21)25(29)32/h1-10,15-18,21-22H,11-12H2. The van der Waals surface area contributed by atoms with E-state index in [-0.39, 0.29) is 48.1 Å². The Hall–Kier alpha value is -2.63. The van der Waals surface area contributed by atoms with E-state index in [4.69, 9.17) is 23.2 Å². The van der Waals surface area contributed by atoms with E-state index in [1.54, 1.807) is 48.5 Å². The molecule has 0 radical (unpaired) electrons. The van der Waals surface area contributed by atoms with Gasteiger partial charge in [0.15, 0.2) is 0 Å². The molecule has 2 aromatic rings. The van der Waals surface area contributed by atoms with Gasteiger partial charge in [0.05, 0.1) is 22.5 Å². The maximum absolute atomic E-state index is 13.5. The van der Waals surface area contributed by atoms with E-state index >= 15 is 0 Å². The van der Waals surface area contributed by atoms with Crippen LogP contribution in [0.4, 0.5) is 5.69 Å². The number of hydrogen-bond donors (Lipinski definition) is 0. The first-order valence-electron chi connectivity index (χ1n) is 10.8. The Morgan fingerprint density at radius 2 is 1.50 bits per heavy atom. The van der Waals surface area contributed by atoms with Crippen molar-refractivity contribution in [2.45, 2.75) is 6.42 Å². The quantitative estimate of drug-likeness (QED) is 0.486. The van der Waals surface area contributed by atoms with Crippen molar-refractivity contribution in [3.63, 3.8) is 0 Å². The van der Waals surface area contributed by atoms with E-state index < -0.39 is 0 Å². The lowest BCUT2D eigenvalue weighted by atomic mass is 9.63. The molecule has 2 saturated carbocycles. The third-order valence-electron chi connectivity index (χ3n) is 7.52. The summed E-state index contributed by atoms with van der Waals surface area (Å²) in [6.07, 6.45) is 5.38. The molecule has 2 aromatic carbocycles. The first-order chi connectivity index (χ1) is 15.5. The molecule has 4 aliphatic carbocycles. The number of carbonyl (C=O) groups excluding carboxylic acids is 3. The van der Waals surface area contributed by atoms with E-state index in [9.17, 15) is 14.4 Å². The molecular weight excluding hydrogens is 447 g/mol. The molecule has 1 saturated heterocycles. The van der Waals surface area contributed by atoms with E-state index in [0.717, 1.165) is 6.42 Å². The lowest BCUT2D eigenvalue weighted by molar-refractivity contribution is -0.140. The maximum Gasteiger partial charge on any atom is 0.259 e. The molecule has 6 unspecified atom stereocenters. The van der Waals surface area contributed by atoms with Crippen LogP contribution >= 0.6 is 23.2 Å². The van der Waals surface area contributed by atoms with Gasteiger partial charge in [0.25, 0.3) is 5.91 Å². The molecule has 6 atom stereocenters. The summed E-state index contributed by atoms with van der Waals surface area (Å²) in [6, 6.07) is 13.5. The highest BCUT2D eigenvalue weighted by molar-refractivity contribution is 6.34. The van der Waals surface area contributed by atoms with Crippen LogP contribution < -0.4 is 4.90 Å². The number of allylic oxidation sites excluding steroid dienone is 2. The Labute approximate surface area is 195 Å². The molecule has 2 bridgehead atoms. The van der Waals surface area contributed by atoms with Crippen LogP contribution in [0.25, 0.3) is 0 Å². The van der Waals surface area contributed by atoms with Gasteiger partial charge in [-0.25, -0.2) is 0 Å². The Morgan fingerprint density at radius 1 is 0.906 bits per heavy atom. The van der Waals surface area contributed by atoms with Crippen molar-refractivity contribution in [2.24, 2.45) is 35.5 Å². The van der Waals surface area contributed by atoms with Crippen molar-refractivity contribution in [1.29, 1.82) is 0 Å². The third kappa shape index (κ3) is 2.87.